The van der Waals surface area contributed by atoms with Gasteiger partial charge in [0.1, 0.15) is 0 Å². The van der Waals surface area contributed by atoms with Gasteiger partial charge in [0.15, 0.2) is 4.75 Å². The van der Waals surface area contributed by atoms with Crippen molar-refractivity contribution in [1.29, 1.82) is 0 Å². The molecule has 3 aromatic rings. The largest absolute Gasteiger partial charge is 0.416 e. The lowest BCUT2D eigenvalue weighted by Crippen LogP contribution is -2.39. The number of nitrogens with zero attached hydrogens (tertiary/aromatic N) is 1. The van der Waals surface area contributed by atoms with E-state index in [1.807, 2.05) is 0 Å². The van der Waals surface area contributed by atoms with E-state index < -0.39 is 34.6 Å². The zero-order chi connectivity index (χ0) is 26.3. The number of nitrogens with one attached hydrogen (secondary N) is 1. The van der Waals surface area contributed by atoms with Crippen LogP contribution in [0.15, 0.2) is 63.5 Å². The molecule has 0 saturated carbocycles. The molecule has 0 spiro atoms. The Balaban J connectivity index is 1.77. The molecule has 0 radical (unpaired) electrons. The van der Waals surface area contributed by atoms with Gasteiger partial charge < -0.3 is 5.32 Å². The third-order valence-corrected chi connectivity index (χ3v) is 7.69. The van der Waals surface area contributed by atoms with Crippen molar-refractivity contribution in [2.45, 2.75) is 43.4 Å². The Bertz CT molecular complexity index is 1350. The highest BCUT2D eigenvalue weighted by molar-refractivity contribution is 9.10. The fourth-order valence-electron chi connectivity index (χ4n) is 4.12. The smallest absolute Gasteiger partial charge is 0.352 e. The number of carbonyl (C=O) groups excluding carboxylic acids is 1. The van der Waals surface area contributed by atoms with Gasteiger partial charge in [0.05, 0.1) is 11.3 Å². The summed E-state index contributed by atoms with van der Waals surface area (Å²) < 4.78 is 85.0. The predicted molar refractivity (Wildman–Crippen MR) is 132 cm³/mol. The summed E-state index contributed by atoms with van der Waals surface area (Å²) in [5.74, 6) is -0.137. The normalized spacial score (nSPS) is 18.4. The third kappa shape index (κ3) is 5.00. The Morgan fingerprint density at radius 3 is 2.39 bits per heavy atom. The van der Waals surface area contributed by atoms with Crippen LogP contribution in [-0.4, -0.2) is 17.8 Å². The highest BCUT2D eigenvalue weighted by Gasteiger charge is 2.60. The number of rotatable bonds is 5. The number of amides is 1. The highest BCUT2D eigenvalue weighted by Crippen LogP contribution is 2.57. The van der Waals surface area contributed by atoms with E-state index in [0.717, 1.165) is 23.1 Å². The molecule has 1 amide bonds. The van der Waals surface area contributed by atoms with Gasteiger partial charge in [-0.15, -0.1) is 0 Å². The molecule has 11 heteroatoms. The van der Waals surface area contributed by atoms with Crippen molar-refractivity contribution in [1.82, 2.24) is 5.32 Å². The maximum absolute atomic E-state index is 14.5. The average molecular weight is 589 g/mol. The quantitative estimate of drug-likeness (QED) is 0.243. The van der Waals surface area contributed by atoms with Crippen molar-refractivity contribution < 1.29 is 31.1 Å². The number of alkyl halides is 6. The molecule has 1 N–H and O–H groups in total. The monoisotopic (exact) mass is 588 g/mol. The minimum Gasteiger partial charge on any atom is -0.352 e. The van der Waals surface area contributed by atoms with Crippen LogP contribution in [0.2, 0.25) is 0 Å². The zero-order valence-electron chi connectivity index (χ0n) is 18.7. The molecule has 0 aliphatic carbocycles. The molecule has 190 valence electrons. The van der Waals surface area contributed by atoms with Crippen molar-refractivity contribution in [2.24, 2.45) is 4.40 Å². The highest BCUT2D eigenvalue weighted by atomic mass is 79.9. The van der Waals surface area contributed by atoms with Crippen LogP contribution in [0.5, 0.6) is 0 Å². The SMILES string of the molecule is CCC(=O)NCc1ccc(C2=NSC(c3cc(Br)cc(C(F)(F)F)c3)(C(F)(F)F)C2)c2ccccc12. The van der Waals surface area contributed by atoms with Crippen LogP contribution < -0.4 is 5.32 Å². The summed E-state index contributed by atoms with van der Waals surface area (Å²) in [6.45, 7) is 1.97. The van der Waals surface area contributed by atoms with Crippen LogP contribution in [0.25, 0.3) is 10.8 Å². The van der Waals surface area contributed by atoms with Crippen molar-refractivity contribution in [3.05, 3.63) is 81.3 Å². The topological polar surface area (TPSA) is 41.5 Å². The Kier molecular flexibility index (Phi) is 7.18. The predicted octanol–water partition coefficient (Wildman–Crippen LogP) is 7.95. The van der Waals surface area contributed by atoms with E-state index in [9.17, 15) is 31.1 Å². The summed E-state index contributed by atoms with van der Waals surface area (Å²) in [5.41, 5.74) is -0.324. The first-order chi connectivity index (χ1) is 16.9. The molecule has 0 bridgehead atoms. The standard InChI is InChI=1S/C25H19BrF6N2OS/c1-2-22(35)33-13-14-7-8-20(19-6-4-3-5-18(14)19)21-12-23(36-34-21,25(30,31)32)15-9-16(24(27,28)29)11-17(26)10-15/h3-11H,2,12-13H2,1H3,(H,33,35). The minimum atomic E-state index is -4.88. The molecule has 0 fully saturated rings. The molecule has 1 aliphatic rings. The first kappa shape index (κ1) is 26.5. The molecule has 1 aliphatic heterocycles. The van der Waals surface area contributed by atoms with Crippen LogP contribution >= 0.6 is 27.9 Å². The van der Waals surface area contributed by atoms with Crippen LogP contribution in [-0.2, 0) is 22.3 Å². The van der Waals surface area contributed by atoms with Gasteiger partial charge in [-0.05, 0) is 52.0 Å². The van der Waals surface area contributed by atoms with Gasteiger partial charge in [-0.1, -0.05) is 59.3 Å². The fraction of sp³-hybridized carbons (Fsp3) is 0.280. The van der Waals surface area contributed by atoms with Gasteiger partial charge >= 0.3 is 12.4 Å². The molecule has 0 saturated heterocycles. The summed E-state index contributed by atoms with van der Waals surface area (Å²) in [5, 5.41) is 4.17. The number of hydrogen-bond donors (Lipinski definition) is 1. The van der Waals surface area contributed by atoms with E-state index in [1.165, 1.54) is 0 Å². The molecule has 1 atom stereocenters. The van der Waals surface area contributed by atoms with Crippen LogP contribution in [0.1, 0.15) is 42.0 Å². The molecule has 1 heterocycles. The van der Waals surface area contributed by atoms with Gasteiger partial charge in [-0.3, -0.25) is 4.79 Å². The summed E-state index contributed by atoms with van der Waals surface area (Å²) >= 11 is 3.16. The molecular formula is C25H19BrF6N2OS. The average Bonchev–Trinajstić information content (AvgIpc) is 3.28. The molecule has 1 unspecified atom stereocenters. The first-order valence-corrected chi connectivity index (χ1v) is 12.4. The van der Waals surface area contributed by atoms with E-state index in [0.29, 0.717) is 23.4 Å². The molecule has 3 aromatic carbocycles. The van der Waals surface area contributed by atoms with Crippen LogP contribution in [0, 0.1) is 0 Å². The van der Waals surface area contributed by atoms with Gasteiger partial charge in [0.2, 0.25) is 5.91 Å². The van der Waals surface area contributed by atoms with E-state index in [4.69, 9.17) is 0 Å². The number of hydrogen-bond acceptors (Lipinski definition) is 3. The molecular weight excluding hydrogens is 570 g/mol. The van der Waals surface area contributed by atoms with Gasteiger partial charge in [-0.25, -0.2) is 4.40 Å². The van der Waals surface area contributed by atoms with E-state index >= 15 is 0 Å². The second-order valence-electron chi connectivity index (χ2n) is 8.31. The van der Waals surface area contributed by atoms with Crippen molar-refractivity contribution >= 4 is 50.3 Å². The van der Waals surface area contributed by atoms with Crippen molar-refractivity contribution in [3.63, 3.8) is 0 Å². The summed E-state index contributed by atoms with van der Waals surface area (Å²) in [6.07, 6.45) is -10.0. The second kappa shape index (κ2) is 9.74. The summed E-state index contributed by atoms with van der Waals surface area (Å²) in [6, 6.07) is 12.8. The van der Waals surface area contributed by atoms with E-state index in [2.05, 4.69) is 25.6 Å². The Labute approximate surface area is 215 Å². The first-order valence-electron chi connectivity index (χ1n) is 10.8. The fourth-order valence-corrected chi connectivity index (χ4v) is 5.57. The Morgan fingerprint density at radius 1 is 1.06 bits per heavy atom. The van der Waals surface area contributed by atoms with Gasteiger partial charge in [0, 0.05) is 29.4 Å². The van der Waals surface area contributed by atoms with Gasteiger partial charge in [-0.2, -0.15) is 26.3 Å². The summed E-state index contributed by atoms with van der Waals surface area (Å²) in [7, 11) is 0. The van der Waals surface area contributed by atoms with E-state index in [1.54, 1.807) is 43.3 Å². The number of carbonyl (C=O) groups is 1. The maximum atomic E-state index is 14.5. The maximum Gasteiger partial charge on any atom is 0.416 e. The Morgan fingerprint density at radius 2 is 1.75 bits per heavy atom. The van der Waals surface area contributed by atoms with Crippen molar-refractivity contribution in [2.75, 3.05) is 0 Å². The third-order valence-electron chi connectivity index (χ3n) is 6.00. The number of fused-ring (bicyclic) bond motifs is 1. The lowest BCUT2D eigenvalue weighted by Gasteiger charge is -2.31. The molecule has 3 nitrogen and oxygen atoms in total. The molecule has 4 rings (SSSR count). The minimum absolute atomic E-state index is 0.103. The van der Waals surface area contributed by atoms with E-state index in [-0.39, 0.29) is 34.6 Å². The number of benzene rings is 3. The zero-order valence-corrected chi connectivity index (χ0v) is 21.1. The van der Waals surface area contributed by atoms with Crippen molar-refractivity contribution in [3.8, 4) is 0 Å². The van der Waals surface area contributed by atoms with Crippen LogP contribution in [0.3, 0.4) is 0 Å². The second-order valence-corrected chi connectivity index (χ2v) is 10.3. The Hall–Kier alpha value is -2.53. The molecule has 36 heavy (non-hydrogen) atoms. The van der Waals surface area contributed by atoms with Gasteiger partial charge in [0.25, 0.3) is 0 Å². The lowest BCUT2D eigenvalue weighted by molar-refractivity contribution is -0.160. The summed E-state index contributed by atoms with van der Waals surface area (Å²) in [4.78, 5) is 11.7. The lowest BCUT2D eigenvalue weighted by atomic mass is 9.87. The number of halogens is 7. The van der Waals surface area contributed by atoms with Crippen LogP contribution in [0.4, 0.5) is 26.3 Å². The molecule has 0 aromatic heterocycles.